The van der Waals surface area contributed by atoms with E-state index < -0.39 is 23.0 Å². The van der Waals surface area contributed by atoms with Crippen molar-refractivity contribution >= 4 is 63.6 Å². The molecule has 3 aromatic carbocycles. The lowest BCUT2D eigenvalue weighted by Gasteiger charge is -2.18. The molecule has 0 saturated heterocycles. The van der Waals surface area contributed by atoms with Gasteiger partial charge in [0, 0.05) is 27.1 Å². The summed E-state index contributed by atoms with van der Waals surface area (Å²) >= 11 is 2.78. The molecule has 0 spiro atoms. The summed E-state index contributed by atoms with van der Waals surface area (Å²) in [6.07, 6.45) is 8.84. The SMILES string of the molecule is COC(=O)c1c(NC(=O)C(Sc2cccc(NC(=O)/C(=C/c3ccco3)NC(=O)c3ccccc3)c2)c2ccccc2)sc2c1CCCCCC2. The molecule has 5 aromatic rings. The highest BCUT2D eigenvalue weighted by Gasteiger charge is 2.29. The number of carbonyl (C=O) groups is 4. The van der Waals surface area contributed by atoms with Gasteiger partial charge in [-0.1, -0.05) is 67.4 Å². The van der Waals surface area contributed by atoms with E-state index in [1.54, 1.807) is 60.7 Å². The fourth-order valence-electron chi connectivity index (χ4n) is 5.84. The molecule has 3 amide bonds. The highest BCUT2D eigenvalue weighted by molar-refractivity contribution is 8.00. The zero-order valence-electron chi connectivity index (χ0n) is 28.0. The zero-order valence-corrected chi connectivity index (χ0v) is 29.6. The largest absolute Gasteiger partial charge is 0.465 e. The molecule has 51 heavy (non-hydrogen) atoms. The van der Waals surface area contributed by atoms with Crippen molar-refractivity contribution in [3.8, 4) is 0 Å². The Morgan fingerprint density at radius 1 is 0.843 bits per heavy atom. The normalized spacial score (nSPS) is 13.5. The van der Waals surface area contributed by atoms with Crippen LogP contribution in [0.3, 0.4) is 0 Å². The summed E-state index contributed by atoms with van der Waals surface area (Å²) in [5, 5.41) is 8.48. The van der Waals surface area contributed by atoms with E-state index in [2.05, 4.69) is 16.0 Å². The van der Waals surface area contributed by atoms with Crippen molar-refractivity contribution in [3.05, 3.63) is 142 Å². The number of thiophene rings is 1. The van der Waals surface area contributed by atoms with Crippen LogP contribution in [-0.4, -0.2) is 30.8 Å². The van der Waals surface area contributed by atoms with Gasteiger partial charge in [0.1, 0.15) is 21.7 Å². The van der Waals surface area contributed by atoms with Crippen LogP contribution < -0.4 is 16.0 Å². The topological polar surface area (TPSA) is 127 Å². The third-order valence-corrected chi connectivity index (χ3v) is 10.8. The summed E-state index contributed by atoms with van der Waals surface area (Å²) in [5.41, 5.74) is 3.05. The molecular formula is C40H37N3O6S2. The minimum atomic E-state index is -0.688. The summed E-state index contributed by atoms with van der Waals surface area (Å²) in [6.45, 7) is 0. The molecule has 0 radical (unpaired) electrons. The Balaban J connectivity index is 1.24. The summed E-state index contributed by atoms with van der Waals surface area (Å²) < 4.78 is 10.6. The van der Waals surface area contributed by atoms with Crippen molar-refractivity contribution in [2.75, 3.05) is 17.7 Å². The molecule has 2 aromatic heterocycles. The number of amides is 3. The van der Waals surface area contributed by atoms with Gasteiger partial charge in [0.15, 0.2) is 0 Å². The maximum atomic E-state index is 14.1. The molecule has 260 valence electrons. The van der Waals surface area contributed by atoms with E-state index in [4.69, 9.17) is 9.15 Å². The first-order chi connectivity index (χ1) is 24.9. The van der Waals surface area contributed by atoms with Crippen molar-refractivity contribution < 1.29 is 28.3 Å². The average molecular weight is 720 g/mol. The molecule has 2 heterocycles. The second kappa shape index (κ2) is 17.0. The number of methoxy groups -OCH3 is 1. The van der Waals surface area contributed by atoms with Gasteiger partial charge < -0.3 is 25.1 Å². The van der Waals surface area contributed by atoms with Crippen LogP contribution in [0.2, 0.25) is 0 Å². The highest BCUT2D eigenvalue weighted by atomic mass is 32.2. The molecule has 1 aliphatic carbocycles. The number of benzene rings is 3. The van der Waals surface area contributed by atoms with E-state index in [0.717, 1.165) is 54.5 Å². The number of fused-ring (bicyclic) bond motifs is 1. The average Bonchev–Trinajstić information content (AvgIpc) is 3.78. The van der Waals surface area contributed by atoms with E-state index in [1.165, 1.54) is 42.5 Å². The predicted molar refractivity (Wildman–Crippen MR) is 201 cm³/mol. The second-order valence-electron chi connectivity index (χ2n) is 11.9. The van der Waals surface area contributed by atoms with Crippen molar-refractivity contribution in [1.29, 1.82) is 0 Å². The molecular weight excluding hydrogens is 683 g/mol. The van der Waals surface area contributed by atoms with Crippen molar-refractivity contribution in [3.63, 3.8) is 0 Å². The number of hydrogen-bond acceptors (Lipinski definition) is 8. The number of esters is 1. The Hall–Kier alpha value is -5.39. The molecule has 11 heteroatoms. The van der Waals surface area contributed by atoms with Gasteiger partial charge in [-0.25, -0.2) is 4.79 Å². The van der Waals surface area contributed by atoms with Gasteiger partial charge in [-0.15, -0.1) is 23.1 Å². The van der Waals surface area contributed by atoms with E-state index >= 15 is 0 Å². The van der Waals surface area contributed by atoms with Crippen LogP contribution in [0.1, 0.15) is 73.4 Å². The first kappa shape index (κ1) is 35.4. The molecule has 0 bridgehead atoms. The van der Waals surface area contributed by atoms with Crippen LogP contribution in [0.4, 0.5) is 10.7 Å². The molecule has 0 aliphatic heterocycles. The Bertz CT molecular complexity index is 2020. The molecule has 0 fully saturated rings. The van der Waals surface area contributed by atoms with Crippen molar-refractivity contribution in [1.82, 2.24) is 5.32 Å². The van der Waals surface area contributed by atoms with Gasteiger partial charge in [-0.05, 0) is 79.3 Å². The number of thioether (sulfide) groups is 1. The minimum absolute atomic E-state index is 0.00939. The van der Waals surface area contributed by atoms with Gasteiger partial charge in [-0.2, -0.15) is 0 Å². The number of hydrogen-bond donors (Lipinski definition) is 3. The van der Waals surface area contributed by atoms with Gasteiger partial charge in [0.05, 0.1) is 18.9 Å². The Kier molecular flexibility index (Phi) is 11.8. The van der Waals surface area contributed by atoms with E-state index in [-0.39, 0.29) is 11.6 Å². The summed E-state index contributed by atoms with van der Waals surface area (Å²) in [7, 11) is 1.36. The number of aryl methyl sites for hydroxylation is 1. The first-order valence-corrected chi connectivity index (χ1v) is 18.4. The third kappa shape index (κ3) is 9.05. The Morgan fingerprint density at radius 3 is 2.31 bits per heavy atom. The predicted octanol–water partition coefficient (Wildman–Crippen LogP) is 8.67. The maximum Gasteiger partial charge on any atom is 0.341 e. The van der Waals surface area contributed by atoms with Crippen molar-refractivity contribution in [2.45, 2.75) is 48.7 Å². The minimum Gasteiger partial charge on any atom is -0.465 e. The van der Waals surface area contributed by atoms with Gasteiger partial charge >= 0.3 is 5.97 Å². The number of nitrogens with one attached hydrogen (secondary N) is 3. The van der Waals surface area contributed by atoms with E-state index in [1.807, 2.05) is 36.4 Å². The molecule has 9 nitrogen and oxygen atoms in total. The molecule has 1 atom stereocenters. The van der Waals surface area contributed by atoms with Gasteiger partial charge in [-0.3, -0.25) is 14.4 Å². The standard InChI is InChI=1S/C40H37N3O6S2/c1-48-40(47)34-31-21-10-2-3-11-22-33(31)51-39(34)43-38(46)35(26-14-6-4-7-15-26)50-30-20-12-18-28(24-30)41-37(45)32(25-29-19-13-23-49-29)42-36(44)27-16-8-5-9-17-27/h4-9,12-20,23-25,35H,2-3,10-11,21-22H2,1H3,(H,41,45)(H,42,44)(H,43,46)/b32-25-. The lowest BCUT2D eigenvalue weighted by Crippen LogP contribution is -2.30. The monoisotopic (exact) mass is 719 g/mol. The highest BCUT2D eigenvalue weighted by Crippen LogP contribution is 2.41. The molecule has 0 saturated carbocycles. The second-order valence-corrected chi connectivity index (χ2v) is 14.2. The number of carbonyl (C=O) groups excluding carboxylic acids is 4. The number of rotatable bonds is 11. The Morgan fingerprint density at radius 2 is 1.59 bits per heavy atom. The molecule has 6 rings (SSSR count). The molecule has 3 N–H and O–H groups in total. The van der Waals surface area contributed by atoms with Crippen LogP contribution in [0.25, 0.3) is 6.08 Å². The first-order valence-electron chi connectivity index (χ1n) is 16.7. The van der Waals surface area contributed by atoms with E-state index in [9.17, 15) is 19.2 Å². The number of anilines is 2. The number of ether oxygens (including phenoxy) is 1. The summed E-state index contributed by atoms with van der Waals surface area (Å²) in [4.78, 5) is 55.6. The van der Waals surface area contributed by atoms with Crippen LogP contribution in [-0.2, 0) is 27.2 Å². The van der Waals surface area contributed by atoms with E-state index in [0.29, 0.717) is 32.5 Å². The quantitative estimate of drug-likeness (QED) is 0.0709. The fraction of sp³-hybridized carbons (Fsp3) is 0.200. The summed E-state index contributed by atoms with van der Waals surface area (Å²) in [5.74, 6) is -1.34. The van der Waals surface area contributed by atoms with Crippen molar-refractivity contribution in [2.24, 2.45) is 0 Å². The smallest absolute Gasteiger partial charge is 0.341 e. The lowest BCUT2D eigenvalue weighted by molar-refractivity contribution is -0.116. The van der Waals surface area contributed by atoms with Crippen LogP contribution in [0.5, 0.6) is 0 Å². The van der Waals surface area contributed by atoms with Gasteiger partial charge in [0.2, 0.25) is 5.91 Å². The molecule has 1 unspecified atom stereocenters. The van der Waals surface area contributed by atoms with Crippen LogP contribution >= 0.6 is 23.1 Å². The van der Waals surface area contributed by atoms with Crippen LogP contribution in [0.15, 0.2) is 118 Å². The Labute approximate surface area is 304 Å². The number of furan rings is 1. The fourth-order valence-corrected chi connectivity index (χ4v) is 8.21. The van der Waals surface area contributed by atoms with Crippen LogP contribution in [0, 0.1) is 0 Å². The lowest BCUT2D eigenvalue weighted by atomic mass is 9.96. The molecule has 1 aliphatic rings. The maximum absolute atomic E-state index is 14.1. The summed E-state index contributed by atoms with van der Waals surface area (Å²) in [6, 6.07) is 28.5. The van der Waals surface area contributed by atoms with Gasteiger partial charge in [0.25, 0.3) is 11.8 Å². The zero-order chi connectivity index (χ0) is 35.6. The third-order valence-electron chi connectivity index (χ3n) is 8.34.